The van der Waals surface area contributed by atoms with Crippen molar-refractivity contribution in [2.75, 3.05) is 0 Å². The molecule has 0 aliphatic heterocycles. The van der Waals surface area contributed by atoms with E-state index in [-0.39, 0.29) is 12.1 Å². The summed E-state index contributed by atoms with van der Waals surface area (Å²) in [5, 5.41) is 0. The lowest BCUT2D eigenvalue weighted by Gasteiger charge is -2.58. The Balaban J connectivity index is 1.21. The number of carbonyl (C=O) groups is 1. The van der Waals surface area contributed by atoms with Gasteiger partial charge in [0.1, 0.15) is 6.10 Å². The van der Waals surface area contributed by atoms with Crippen molar-refractivity contribution in [3.05, 3.63) is 59.7 Å². The third-order valence-corrected chi connectivity index (χ3v) is 12.4. The highest BCUT2D eigenvalue weighted by molar-refractivity contribution is 5.89. The van der Waals surface area contributed by atoms with Crippen LogP contribution in [0.2, 0.25) is 0 Å². The van der Waals surface area contributed by atoms with Crippen molar-refractivity contribution < 1.29 is 9.53 Å². The molecule has 40 heavy (non-hydrogen) atoms. The molecule has 0 saturated heterocycles. The standard InChI is InChI=1S/C38H56O2/c1-7-8-12-28-13-15-29(16-14-28)36(39)40-31-21-23-37(5)30(25-31)17-18-32-34-20-19-33(27(4)11-9-10-26(2)3)38(34,6)24-22-35(32)37/h7,13-17,26-27,31-35H,1,8-12,18-25H2,2-6H3/t27-,31+,32+,33-,34+,35+,37+,38-/m1/s1. The van der Waals surface area contributed by atoms with Gasteiger partial charge in [0.25, 0.3) is 0 Å². The third kappa shape index (κ3) is 5.76. The van der Waals surface area contributed by atoms with Crippen LogP contribution in [0.25, 0.3) is 0 Å². The van der Waals surface area contributed by atoms with Gasteiger partial charge in [-0.15, -0.1) is 6.58 Å². The highest BCUT2D eigenvalue weighted by atomic mass is 16.5. The summed E-state index contributed by atoms with van der Waals surface area (Å²) >= 11 is 0. The van der Waals surface area contributed by atoms with Gasteiger partial charge >= 0.3 is 5.97 Å². The summed E-state index contributed by atoms with van der Waals surface area (Å²) in [4.78, 5) is 13.0. The summed E-state index contributed by atoms with van der Waals surface area (Å²) in [6.07, 6.45) is 20.7. The second kappa shape index (κ2) is 12.2. The van der Waals surface area contributed by atoms with Gasteiger partial charge in [0.2, 0.25) is 0 Å². The molecule has 0 amide bonds. The number of hydrogen-bond donors (Lipinski definition) is 0. The third-order valence-electron chi connectivity index (χ3n) is 12.4. The van der Waals surface area contributed by atoms with Crippen molar-refractivity contribution in [3.8, 4) is 0 Å². The Morgan fingerprint density at radius 1 is 1.02 bits per heavy atom. The Hall–Kier alpha value is -1.83. The molecule has 0 unspecified atom stereocenters. The van der Waals surface area contributed by atoms with E-state index in [0.29, 0.717) is 16.4 Å². The molecule has 0 bridgehead atoms. The molecule has 4 aliphatic rings. The van der Waals surface area contributed by atoms with E-state index in [2.05, 4.69) is 59.4 Å². The van der Waals surface area contributed by atoms with Gasteiger partial charge in [0.05, 0.1) is 5.56 Å². The molecule has 2 heteroatoms. The van der Waals surface area contributed by atoms with E-state index in [9.17, 15) is 4.79 Å². The monoisotopic (exact) mass is 544 g/mol. The highest BCUT2D eigenvalue weighted by Crippen LogP contribution is 2.67. The zero-order valence-corrected chi connectivity index (χ0v) is 26.2. The van der Waals surface area contributed by atoms with Gasteiger partial charge in [-0.3, -0.25) is 0 Å². The van der Waals surface area contributed by atoms with Gasteiger partial charge in [-0.05, 0) is 122 Å². The normalized spacial score (nSPS) is 35.8. The van der Waals surface area contributed by atoms with Crippen LogP contribution in [0.3, 0.4) is 0 Å². The quantitative estimate of drug-likeness (QED) is 0.216. The van der Waals surface area contributed by atoms with Crippen LogP contribution in [0.4, 0.5) is 0 Å². The van der Waals surface area contributed by atoms with Gasteiger partial charge in [-0.25, -0.2) is 4.79 Å². The lowest BCUT2D eigenvalue weighted by molar-refractivity contribution is -0.0594. The van der Waals surface area contributed by atoms with Crippen LogP contribution in [0.15, 0.2) is 48.6 Å². The first-order valence-corrected chi connectivity index (χ1v) is 16.8. The van der Waals surface area contributed by atoms with Crippen LogP contribution in [-0.2, 0) is 11.2 Å². The molecule has 0 radical (unpaired) electrons. The van der Waals surface area contributed by atoms with Crippen LogP contribution in [-0.4, -0.2) is 12.1 Å². The number of rotatable bonds is 10. The number of ether oxygens (including phenoxy) is 1. The van der Waals surface area contributed by atoms with Crippen LogP contribution < -0.4 is 0 Å². The Kier molecular flexibility index (Phi) is 9.03. The SMILES string of the molecule is C=CCCc1ccc(C(=O)O[C@H]2CC[C@@]3(C)C(=CC[C@H]4[C@@H]5CC[C@H]([C@H](C)CCCC(C)C)[C@@]5(C)CC[C@@H]43)C2)cc1. The first-order chi connectivity index (χ1) is 19.2. The topological polar surface area (TPSA) is 26.3 Å². The molecule has 3 fully saturated rings. The number of carbonyl (C=O) groups excluding carboxylic acids is 1. The maximum Gasteiger partial charge on any atom is 0.338 e. The van der Waals surface area contributed by atoms with E-state index < -0.39 is 0 Å². The smallest absolute Gasteiger partial charge is 0.338 e. The maximum absolute atomic E-state index is 13.0. The van der Waals surface area contributed by atoms with Crippen molar-refractivity contribution in [1.29, 1.82) is 0 Å². The predicted octanol–water partition coefficient (Wildman–Crippen LogP) is 10.4. The van der Waals surface area contributed by atoms with Crippen molar-refractivity contribution in [1.82, 2.24) is 0 Å². The minimum Gasteiger partial charge on any atom is -0.458 e. The van der Waals surface area contributed by atoms with Crippen LogP contribution in [0.5, 0.6) is 0 Å². The summed E-state index contributed by atoms with van der Waals surface area (Å²) in [7, 11) is 0. The van der Waals surface area contributed by atoms with E-state index >= 15 is 0 Å². The zero-order valence-electron chi connectivity index (χ0n) is 26.2. The summed E-state index contributed by atoms with van der Waals surface area (Å²) in [6.45, 7) is 16.4. The van der Waals surface area contributed by atoms with E-state index in [1.54, 1.807) is 5.57 Å². The molecule has 3 saturated carbocycles. The van der Waals surface area contributed by atoms with Crippen LogP contribution in [0, 0.1) is 46.3 Å². The number of fused-ring (bicyclic) bond motifs is 5. The second-order valence-electron chi connectivity index (χ2n) is 15.1. The van der Waals surface area contributed by atoms with Crippen LogP contribution in [0.1, 0.15) is 128 Å². The van der Waals surface area contributed by atoms with E-state index in [1.165, 1.54) is 56.9 Å². The fourth-order valence-electron chi connectivity index (χ4n) is 10.0. The first-order valence-electron chi connectivity index (χ1n) is 16.8. The molecular weight excluding hydrogens is 488 g/mol. The minimum atomic E-state index is -0.161. The van der Waals surface area contributed by atoms with Crippen molar-refractivity contribution in [3.63, 3.8) is 0 Å². The average Bonchev–Trinajstić information content (AvgIpc) is 3.29. The van der Waals surface area contributed by atoms with Gasteiger partial charge < -0.3 is 4.74 Å². The highest BCUT2D eigenvalue weighted by Gasteiger charge is 2.59. The fraction of sp³-hybridized carbons (Fsp3) is 0.711. The van der Waals surface area contributed by atoms with Crippen molar-refractivity contribution >= 4 is 5.97 Å². The molecule has 8 atom stereocenters. The van der Waals surface area contributed by atoms with Crippen molar-refractivity contribution in [2.24, 2.45) is 46.3 Å². The Bertz CT molecular complexity index is 1070. The predicted molar refractivity (Wildman–Crippen MR) is 167 cm³/mol. The maximum atomic E-state index is 13.0. The average molecular weight is 545 g/mol. The molecule has 1 aromatic carbocycles. The largest absolute Gasteiger partial charge is 0.458 e. The number of allylic oxidation sites excluding steroid dienone is 2. The van der Waals surface area contributed by atoms with E-state index in [0.717, 1.165) is 67.6 Å². The molecule has 0 aromatic heterocycles. The van der Waals surface area contributed by atoms with E-state index in [4.69, 9.17) is 4.74 Å². The van der Waals surface area contributed by atoms with Gasteiger partial charge in [-0.1, -0.05) is 83.7 Å². The second-order valence-corrected chi connectivity index (χ2v) is 15.1. The fourth-order valence-corrected chi connectivity index (χ4v) is 10.0. The Labute approximate surface area is 245 Å². The number of esters is 1. The lowest BCUT2D eigenvalue weighted by Crippen LogP contribution is -2.51. The molecule has 0 spiro atoms. The Morgan fingerprint density at radius 2 is 1.80 bits per heavy atom. The first kappa shape index (κ1) is 29.7. The summed E-state index contributed by atoms with van der Waals surface area (Å²) < 4.78 is 6.11. The minimum absolute atomic E-state index is 0.0141. The molecule has 0 heterocycles. The Morgan fingerprint density at radius 3 is 2.52 bits per heavy atom. The molecule has 0 N–H and O–H groups in total. The van der Waals surface area contributed by atoms with Gasteiger partial charge in [0.15, 0.2) is 0 Å². The lowest BCUT2D eigenvalue weighted by atomic mass is 9.47. The number of benzene rings is 1. The summed E-state index contributed by atoms with van der Waals surface area (Å²) in [5.74, 6) is 4.99. The van der Waals surface area contributed by atoms with Crippen molar-refractivity contribution in [2.45, 2.75) is 124 Å². The summed E-state index contributed by atoms with van der Waals surface area (Å²) in [5.41, 5.74) is 4.34. The zero-order chi connectivity index (χ0) is 28.5. The number of aryl methyl sites for hydroxylation is 1. The number of hydrogen-bond acceptors (Lipinski definition) is 2. The summed E-state index contributed by atoms with van der Waals surface area (Å²) in [6, 6.07) is 7.96. The molecule has 4 aliphatic carbocycles. The molecule has 5 rings (SSSR count). The molecular formula is C38H56O2. The van der Waals surface area contributed by atoms with Gasteiger partial charge in [0, 0.05) is 6.42 Å². The van der Waals surface area contributed by atoms with Gasteiger partial charge in [-0.2, -0.15) is 0 Å². The molecule has 220 valence electrons. The van der Waals surface area contributed by atoms with Crippen LogP contribution >= 0.6 is 0 Å². The molecule has 1 aromatic rings. The van der Waals surface area contributed by atoms with E-state index in [1.807, 2.05) is 18.2 Å². The molecule has 2 nitrogen and oxygen atoms in total.